The van der Waals surface area contributed by atoms with Crippen molar-refractivity contribution in [2.24, 2.45) is 0 Å². The first kappa shape index (κ1) is 10.4. The van der Waals surface area contributed by atoms with Crippen LogP contribution in [0.5, 0.6) is 0 Å². The maximum Gasteiger partial charge on any atom is 0.345 e. The average Bonchev–Trinajstić information content (AvgIpc) is 2.26. The molecule has 0 atom stereocenters. The van der Waals surface area contributed by atoms with E-state index in [4.69, 9.17) is 0 Å². The number of aromatic nitrogens is 2. The molecule has 6 heteroatoms. The zero-order valence-corrected chi connectivity index (χ0v) is 7.80. The van der Waals surface area contributed by atoms with Crippen LogP contribution in [0.1, 0.15) is 0 Å². The van der Waals surface area contributed by atoms with E-state index < -0.39 is 23.1 Å². The molecule has 1 aromatic carbocycles. The topological polar surface area (TPSA) is 45.8 Å². The number of H-pyrrole nitrogens is 1. The first-order valence-corrected chi connectivity index (χ1v) is 4.29. The van der Waals surface area contributed by atoms with E-state index in [1.54, 1.807) is 0 Å². The third kappa shape index (κ3) is 1.69. The Bertz CT molecular complexity index is 595. The molecule has 0 aliphatic rings. The van der Waals surface area contributed by atoms with E-state index in [9.17, 15) is 18.0 Å². The molecule has 2 aromatic rings. The van der Waals surface area contributed by atoms with Crippen LogP contribution in [-0.4, -0.2) is 9.97 Å². The first-order valence-electron chi connectivity index (χ1n) is 4.29. The Morgan fingerprint density at radius 3 is 2.50 bits per heavy atom. The fourth-order valence-corrected chi connectivity index (χ4v) is 1.26. The molecule has 1 N–H and O–H groups in total. The van der Waals surface area contributed by atoms with Gasteiger partial charge in [-0.15, -0.1) is 0 Å². The number of hydrogen-bond donors (Lipinski definition) is 1. The number of rotatable bonds is 1. The lowest BCUT2D eigenvalue weighted by Crippen LogP contribution is -2.10. The normalized spacial score (nSPS) is 10.4. The summed E-state index contributed by atoms with van der Waals surface area (Å²) < 4.78 is 38.9. The van der Waals surface area contributed by atoms with Crippen molar-refractivity contribution in [3.05, 3.63) is 52.3 Å². The zero-order valence-electron chi connectivity index (χ0n) is 7.80. The van der Waals surface area contributed by atoms with Gasteiger partial charge >= 0.3 is 5.69 Å². The summed E-state index contributed by atoms with van der Waals surface area (Å²) >= 11 is 0. The second-order valence-corrected chi connectivity index (χ2v) is 3.01. The number of aromatic amines is 1. The van der Waals surface area contributed by atoms with Gasteiger partial charge in [0.1, 0.15) is 0 Å². The lowest BCUT2D eigenvalue weighted by atomic mass is 10.1. The van der Waals surface area contributed by atoms with Crippen LogP contribution in [0.3, 0.4) is 0 Å². The Morgan fingerprint density at radius 1 is 1.06 bits per heavy atom. The highest BCUT2D eigenvalue weighted by atomic mass is 19.2. The van der Waals surface area contributed by atoms with Crippen molar-refractivity contribution in [3.63, 3.8) is 0 Å². The van der Waals surface area contributed by atoms with Crippen LogP contribution in [0.2, 0.25) is 0 Å². The molecule has 1 heterocycles. The molecule has 0 fully saturated rings. The number of halogens is 3. The number of benzene rings is 1. The van der Waals surface area contributed by atoms with Crippen molar-refractivity contribution in [2.75, 3.05) is 0 Å². The molecule has 2 rings (SSSR count). The molecule has 0 saturated carbocycles. The molecule has 16 heavy (non-hydrogen) atoms. The molecule has 0 bridgehead atoms. The van der Waals surface area contributed by atoms with Gasteiger partial charge in [0.25, 0.3) is 0 Å². The minimum absolute atomic E-state index is 0.0383. The Hall–Kier alpha value is -2.11. The summed E-state index contributed by atoms with van der Waals surface area (Å²) in [4.78, 5) is 16.4. The third-order valence-electron chi connectivity index (χ3n) is 2.00. The van der Waals surface area contributed by atoms with E-state index >= 15 is 0 Å². The molecule has 0 amide bonds. The second-order valence-electron chi connectivity index (χ2n) is 3.01. The van der Waals surface area contributed by atoms with E-state index in [1.807, 2.05) is 0 Å². The van der Waals surface area contributed by atoms with E-state index in [1.165, 1.54) is 6.07 Å². The van der Waals surface area contributed by atoms with Crippen LogP contribution >= 0.6 is 0 Å². The summed E-state index contributed by atoms with van der Waals surface area (Å²) in [7, 11) is 0. The number of nitrogens with one attached hydrogen (secondary N) is 1. The maximum atomic E-state index is 13.3. The van der Waals surface area contributed by atoms with E-state index in [-0.39, 0.29) is 11.3 Å². The van der Waals surface area contributed by atoms with Gasteiger partial charge in [-0.3, -0.25) is 0 Å². The maximum absolute atomic E-state index is 13.3. The fraction of sp³-hybridized carbons (Fsp3) is 0. The van der Waals surface area contributed by atoms with Crippen LogP contribution in [0.4, 0.5) is 13.2 Å². The lowest BCUT2D eigenvalue weighted by molar-refractivity contribution is 0.449. The first-order chi connectivity index (χ1) is 7.59. The van der Waals surface area contributed by atoms with Gasteiger partial charge in [0.2, 0.25) is 0 Å². The number of nitrogens with zero attached hydrogens (tertiary/aromatic N) is 1. The Balaban J connectivity index is 2.66. The summed E-state index contributed by atoms with van der Waals surface area (Å²) in [5.74, 6) is -4.20. The van der Waals surface area contributed by atoms with Gasteiger partial charge in [0, 0.05) is 11.8 Å². The second kappa shape index (κ2) is 3.80. The molecule has 0 aliphatic heterocycles. The van der Waals surface area contributed by atoms with Crippen molar-refractivity contribution in [2.45, 2.75) is 0 Å². The standard InChI is InChI=1S/C10H5F3N2O/c11-6-2-1-5(8(12)9(6)13)7-3-4-14-10(16)15-7/h1-4H,(H,14,15,16). The molecule has 0 radical (unpaired) electrons. The summed E-state index contributed by atoms with van der Waals surface area (Å²) in [6.07, 6.45) is 1.15. The summed E-state index contributed by atoms with van der Waals surface area (Å²) in [5.41, 5.74) is -0.878. The van der Waals surface area contributed by atoms with Crippen LogP contribution < -0.4 is 5.69 Å². The Morgan fingerprint density at radius 2 is 1.81 bits per heavy atom. The Labute approximate surface area is 87.6 Å². The molecule has 0 saturated heterocycles. The van der Waals surface area contributed by atoms with Crippen molar-refractivity contribution in [1.82, 2.24) is 9.97 Å². The molecular formula is C10H5F3N2O. The summed E-state index contributed by atoms with van der Waals surface area (Å²) in [5, 5.41) is 0. The molecule has 0 aliphatic carbocycles. The highest BCUT2D eigenvalue weighted by Crippen LogP contribution is 2.23. The van der Waals surface area contributed by atoms with E-state index in [0.717, 1.165) is 18.3 Å². The van der Waals surface area contributed by atoms with E-state index in [0.29, 0.717) is 0 Å². The van der Waals surface area contributed by atoms with Crippen molar-refractivity contribution < 1.29 is 13.2 Å². The van der Waals surface area contributed by atoms with Gasteiger partial charge in [-0.05, 0) is 18.2 Å². The monoisotopic (exact) mass is 226 g/mol. The van der Waals surface area contributed by atoms with Crippen LogP contribution in [0, 0.1) is 17.5 Å². The molecule has 82 valence electrons. The van der Waals surface area contributed by atoms with Gasteiger partial charge < -0.3 is 4.98 Å². The highest BCUT2D eigenvalue weighted by Gasteiger charge is 2.14. The van der Waals surface area contributed by atoms with Crippen molar-refractivity contribution in [3.8, 4) is 11.3 Å². The van der Waals surface area contributed by atoms with Crippen LogP contribution in [0.15, 0.2) is 29.2 Å². The van der Waals surface area contributed by atoms with E-state index in [2.05, 4.69) is 9.97 Å². The van der Waals surface area contributed by atoms with Crippen LogP contribution in [0.25, 0.3) is 11.3 Å². The smallest absolute Gasteiger partial charge is 0.305 e. The van der Waals surface area contributed by atoms with Crippen molar-refractivity contribution in [1.29, 1.82) is 0 Å². The fourth-order valence-electron chi connectivity index (χ4n) is 1.26. The molecule has 1 aromatic heterocycles. The predicted molar refractivity (Wildman–Crippen MR) is 50.2 cm³/mol. The Kier molecular flexibility index (Phi) is 2.47. The average molecular weight is 226 g/mol. The lowest BCUT2D eigenvalue weighted by Gasteiger charge is -2.03. The SMILES string of the molecule is O=c1nccc(-c2ccc(F)c(F)c2F)[nH]1. The summed E-state index contributed by atoms with van der Waals surface area (Å²) in [6.45, 7) is 0. The van der Waals surface area contributed by atoms with Gasteiger partial charge in [-0.2, -0.15) is 0 Å². The molecule has 0 spiro atoms. The van der Waals surface area contributed by atoms with Crippen LogP contribution in [-0.2, 0) is 0 Å². The van der Waals surface area contributed by atoms with Gasteiger partial charge in [0.05, 0.1) is 5.69 Å². The quantitative estimate of drug-likeness (QED) is 0.754. The molecule has 3 nitrogen and oxygen atoms in total. The largest absolute Gasteiger partial charge is 0.345 e. The number of hydrogen-bond acceptors (Lipinski definition) is 2. The van der Waals surface area contributed by atoms with Gasteiger partial charge in [0.15, 0.2) is 17.5 Å². The predicted octanol–water partition coefficient (Wildman–Crippen LogP) is 1.85. The zero-order chi connectivity index (χ0) is 11.7. The molecular weight excluding hydrogens is 221 g/mol. The third-order valence-corrected chi connectivity index (χ3v) is 2.00. The van der Waals surface area contributed by atoms with Gasteiger partial charge in [-0.25, -0.2) is 22.9 Å². The highest BCUT2D eigenvalue weighted by molar-refractivity contribution is 5.59. The van der Waals surface area contributed by atoms with Gasteiger partial charge in [-0.1, -0.05) is 0 Å². The van der Waals surface area contributed by atoms with Crippen molar-refractivity contribution >= 4 is 0 Å². The molecule has 0 unspecified atom stereocenters. The summed E-state index contributed by atoms with van der Waals surface area (Å²) in [6, 6.07) is 3.11. The minimum Gasteiger partial charge on any atom is -0.305 e. The minimum atomic E-state index is -1.57.